The number of amides is 1. The fraction of sp³-hybridized carbons (Fsp3) is 0.385. The van der Waals surface area contributed by atoms with E-state index >= 15 is 0 Å². The Kier molecular flexibility index (Phi) is 2.91. The molecule has 2 aromatic rings. The summed E-state index contributed by atoms with van der Waals surface area (Å²) in [6.45, 7) is 0.497. The van der Waals surface area contributed by atoms with Crippen molar-refractivity contribution in [1.29, 1.82) is 0 Å². The number of hydrogen-bond donors (Lipinski definition) is 1. The van der Waals surface area contributed by atoms with E-state index in [9.17, 15) is 4.79 Å². The molecular weight excluding hydrogens is 246 g/mol. The van der Waals surface area contributed by atoms with E-state index in [1.54, 1.807) is 0 Å². The van der Waals surface area contributed by atoms with Gasteiger partial charge in [0.15, 0.2) is 0 Å². The van der Waals surface area contributed by atoms with E-state index < -0.39 is 0 Å². The Morgan fingerprint density at radius 3 is 3.11 bits per heavy atom. The van der Waals surface area contributed by atoms with Crippen LogP contribution in [0.15, 0.2) is 23.6 Å². The fourth-order valence-corrected chi connectivity index (χ4v) is 2.70. The summed E-state index contributed by atoms with van der Waals surface area (Å²) in [5, 5.41) is 9.23. The molecule has 0 spiro atoms. The summed E-state index contributed by atoms with van der Waals surface area (Å²) >= 11 is 1.45. The van der Waals surface area contributed by atoms with Crippen LogP contribution in [0.2, 0.25) is 0 Å². The van der Waals surface area contributed by atoms with Crippen molar-refractivity contribution in [3.8, 4) is 0 Å². The zero-order chi connectivity index (χ0) is 12.5. The summed E-state index contributed by atoms with van der Waals surface area (Å²) in [4.78, 5) is 12.5. The lowest BCUT2D eigenvalue weighted by Gasteiger charge is -1.99. The maximum Gasteiger partial charge on any atom is 0.261 e. The quantitative estimate of drug-likeness (QED) is 0.918. The largest absolute Gasteiger partial charge is 0.346 e. The van der Waals surface area contributed by atoms with Crippen LogP contribution in [-0.2, 0) is 13.6 Å². The molecule has 1 saturated carbocycles. The molecule has 0 unspecified atom stereocenters. The Labute approximate surface area is 110 Å². The number of rotatable bonds is 4. The molecule has 5 heteroatoms. The van der Waals surface area contributed by atoms with Gasteiger partial charge in [0, 0.05) is 18.7 Å². The summed E-state index contributed by atoms with van der Waals surface area (Å²) in [6.07, 6.45) is 2.53. The van der Waals surface area contributed by atoms with Crippen LogP contribution in [0, 0.1) is 0 Å². The molecule has 1 aliphatic rings. The molecule has 4 nitrogen and oxygen atoms in total. The lowest BCUT2D eigenvalue weighted by Crippen LogP contribution is -2.22. The normalized spacial score (nSPS) is 14.7. The topological polar surface area (TPSA) is 46.9 Å². The molecule has 0 aliphatic heterocycles. The monoisotopic (exact) mass is 261 g/mol. The third-order valence-corrected chi connectivity index (χ3v) is 4.01. The predicted molar refractivity (Wildman–Crippen MR) is 70.7 cm³/mol. The maximum atomic E-state index is 11.8. The van der Waals surface area contributed by atoms with Gasteiger partial charge in [0.25, 0.3) is 5.91 Å². The lowest BCUT2D eigenvalue weighted by molar-refractivity contribution is 0.0954. The molecule has 0 radical (unpaired) electrons. The molecule has 1 fully saturated rings. The summed E-state index contributed by atoms with van der Waals surface area (Å²) in [6, 6.07) is 5.81. The van der Waals surface area contributed by atoms with E-state index in [-0.39, 0.29) is 5.91 Å². The number of carbonyl (C=O) groups is 1. The Morgan fingerprint density at radius 2 is 2.44 bits per heavy atom. The highest BCUT2D eigenvalue weighted by atomic mass is 32.1. The minimum Gasteiger partial charge on any atom is -0.346 e. The molecule has 94 valence electrons. The predicted octanol–water partition coefficient (Wildman–Crippen LogP) is 2.29. The van der Waals surface area contributed by atoms with Gasteiger partial charge in [-0.1, -0.05) is 6.07 Å². The van der Waals surface area contributed by atoms with E-state index in [1.807, 2.05) is 29.2 Å². The first-order chi connectivity index (χ1) is 8.74. The van der Waals surface area contributed by atoms with Gasteiger partial charge in [-0.25, -0.2) is 0 Å². The van der Waals surface area contributed by atoms with Crippen molar-refractivity contribution >= 4 is 17.2 Å². The molecule has 1 N–H and O–H groups in total. The number of hydrogen-bond acceptors (Lipinski definition) is 3. The first-order valence-corrected chi connectivity index (χ1v) is 6.96. The van der Waals surface area contributed by atoms with Gasteiger partial charge in [0.05, 0.1) is 17.1 Å². The Morgan fingerprint density at radius 1 is 1.61 bits per heavy atom. The van der Waals surface area contributed by atoms with Crippen molar-refractivity contribution in [2.45, 2.75) is 25.3 Å². The zero-order valence-corrected chi connectivity index (χ0v) is 11.0. The number of thiophene rings is 1. The maximum absolute atomic E-state index is 11.8. The van der Waals surface area contributed by atoms with Crippen LogP contribution in [0.3, 0.4) is 0 Å². The average Bonchev–Trinajstić information content (AvgIpc) is 2.91. The van der Waals surface area contributed by atoms with Crippen molar-refractivity contribution in [3.05, 3.63) is 39.8 Å². The third-order valence-electron chi connectivity index (χ3n) is 3.14. The lowest BCUT2D eigenvalue weighted by atomic mass is 10.2. The van der Waals surface area contributed by atoms with Crippen LogP contribution < -0.4 is 5.32 Å². The molecule has 0 bridgehead atoms. The number of nitrogens with one attached hydrogen (secondary N) is 1. The highest BCUT2D eigenvalue weighted by molar-refractivity contribution is 7.12. The molecule has 0 saturated heterocycles. The van der Waals surface area contributed by atoms with Gasteiger partial charge < -0.3 is 5.32 Å². The Balaban J connectivity index is 1.63. The van der Waals surface area contributed by atoms with Gasteiger partial charge in [-0.3, -0.25) is 9.48 Å². The summed E-state index contributed by atoms with van der Waals surface area (Å²) in [7, 11) is 1.97. The van der Waals surface area contributed by atoms with Crippen LogP contribution in [0.25, 0.3) is 0 Å². The zero-order valence-electron chi connectivity index (χ0n) is 10.2. The summed E-state index contributed by atoms with van der Waals surface area (Å²) in [5.74, 6) is 0.660. The summed E-state index contributed by atoms with van der Waals surface area (Å²) < 4.78 is 1.93. The number of nitrogens with zero attached hydrogens (tertiary/aromatic N) is 2. The number of aryl methyl sites for hydroxylation is 1. The SMILES string of the molecule is Cn1nc(CNC(=O)c2cccs2)cc1C1CC1. The molecule has 2 aromatic heterocycles. The van der Waals surface area contributed by atoms with E-state index in [1.165, 1.54) is 29.9 Å². The van der Waals surface area contributed by atoms with Crippen LogP contribution >= 0.6 is 11.3 Å². The van der Waals surface area contributed by atoms with Crippen molar-refractivity contribution in [3.63, 3.8) is 0 Å². The third kappa shape index (κ3) is 2.31. The average molecular weight is 261 g/mol. The van der Waals surface area contributed by atoms with Gasteiger partial charge in [0.1, 0.15) is 0 Å². The second kappa shape index (κ2) is 4.57. The first-order valence-electron chi connectivity index (χ1n) is 6.08. The standard InChI is InChI=1S/C13H15N3OS/c1-16-11(9-4-5-9)7-10(15-16)8-14-13(17)12-3-2-6-18-12/h2-3,6-7,9H,4-5,8H2,1H3,(H,14,17). The second-order valence-electron chi connectivity index (χ2n) is 4.62. The van der Waals surface area contributed by atoms with Gasteiger partial charge in [-0.05, 0) is 30.4 Å². The van der Waals surface area contributed by atoms with Crippen LogP contribution in [0.4, 0.5) is 0 Å². The van der Waals surface area contributed by atoms with Gasteiger partial charge in [-0.15, -0.1) is 11.3 Å². The molecule has 0 atom stereocenters. The molecule has 3 rings (SSSR count). The van der Waals surface area contributed by atoms with Gasteiger partial charge in [0.2, 0.25) is 0 Å². The number of carbonyl (C=O) groups excluding carboxylic acids is 1. The van der Waals surface area contributed by atoms with E-state index in [0.29, 0.717) is 12.5 Å². The molecule has 18 heavy (non-hydrogen) atoms. The highest BCUT2D eigenvalue weighted by Gasteiger charge is 2.27. The van der Waals surface area contributed by atoms with Crippen molar-refractivity contribution in [1.82, 2.24) is 15.1 Å². The van der Waals surface area contributed by atoms with E-state index in [2.05, 4.69) is 16.5 Å². The molecule has 1 aliphatic carbocycles. The second-order valence-corrected chi connectivity index (χ2v) is 5.57. The van der Waals surface area contributed by atoms with Crippen LogP contribution in [0.5, 0.6) is 0 Å². The molecule has 1 amide bonds. The number of aromatic nitrogens is 2. The molecule has 2 heterocycles. The minimum atomic E-state index is -0.0244. The van der Waals surface area contributed by atoms with Crippen LogP contribution in [-0.4, -0.2) is 15.7 Å². The Bertz CT molecular complexity index is 555. The van der Waals surface area contributed by atoms with Crippen molar-refractivity contribution < 1.29 is 4.79 Å². The van der Waals surface area contributed by atoms with Crippen molar-refractivity contribution in [2.75, 3.05) is 0 Å². The highest BCUT2D eigenvalue weighted by Crippen LogP contribution is 2.39. The molecular formula is C13H15N3OS. The van der Waals surface area contributed by atoms with E-state index in [4.69, 9.17) is 0 Å². The Hall–Kier alpha value is -1.62. The minimum absolute atomic E-state index is 0.0244. The van der Waals surface area contributed by atoms with E-state index in [0.717, 1.165) is 10.6 Å². The van der Waals surface area contributed by atoms with Gasteiger partial charge >= 0.3 is 0 Å². The van der Waals surface area contributed by atoms with Gasteiger partial charge in [-0.2, -0.15) is 5.10 Å². The summed E-state index contributed by atoms with van der Waals surface area (Å²) in [5.41, 5.74) is 2.22. The molecule has 0 aromatic carbocycles. The van der Waals surface area contributed by atoms with Crippen molar-refractivity contribution in [2.24, 2.45) is 7.05 Å². The van der Waals surface area contributed by atoms with Crippen LogP contribution in [0.1, 0.15) is 39.8 Å². The first kappa shape index (κ1) is 11.5. The fourth-order valence-electron chi connectivity index (χ4n) is 2.06. The smallest absolute Gasteiger partial charge is 0.261 e.